The molecule has 0 saturated heterocycles. The number of aromatic nitrogens is 2. The highest BCUT2D eigenvalue weighted by Gasteiger charge is 2.09. The highest BCUT2D eigenvalue weighted by atomic mass is 16.4. The van der Waals surface area contributed by atoms with E-state index in [-0.39, 0.29) is 11.3 Å². The summed E-state index contributed by atoms with van der Waals surface area (Å²) in [5, 5.41) is 9.24. The number of hydrogen-bond acceptors (Lipinski definition) is 5. The van der Waals surface area contributed by atoms with Crippen molar-refractivity contribution >= 4 is 22.6 Å². The van der Waals surface area contributed by atoms with Crippen LogP contribution in [-0.2, 0) is 0 Å². The minimum Gasteiger partial charge on any atom is -0.423 e. The summed E-state index contributed by atoms with van der Waals surface area (Å²) in [6, 6.07) is 8.95. The first kappa shape index (κ1) is 13.7. The fourth-order valence-corrected chi connectivity index (χ4v) is 2.07. The van der Waals surface area contributed by atoms with Crippen molar-refractivity contribution in [1.29, 1.82) is 0 Å². The SMILES string of the molecule is Cc1cc(=O)oc2cc(NC(=O)c3ccc(=O)[nH]n3)ccc12. The van der Waals surface area contributed by atoms with Crippen LogP contribution in [0.2, 0.25) is 0 Å². The van der Waals surface area contributed by atoms with E-state index in [4.69, 9.17) is 4.42 Å². The van der Waals surface area contributed by atoms with E-state index in [0.29, 0.717) is 11.3 Å². The van der Waals surface area contributed by atoms with Gasteiger partial charge in [-0.2, -0.15) is 5.10 Å². The maximum Gasteiger partial charge on any atom is 0.336 e. The predicted molar refractivity (Wildman–Crippen MR) is 80.0 cm³/mol. The molecule has 0 atom stereocenters. The average molecular weight is 297 g/mol. The lowest BCUT2D eigenvalue weighted by molar-refractivity contribution is 0.102. The fourth-order valence-electron chi connectivity index (χ4n) is 2.07. The Kier molecular flexibility index (Phi) is 3.30. The van der Waals surface area contributed by atoms with Gasteiger partial charge in [0.05, 0.1) is 0 Å². The molecule has 0 unspecified atom stereocenters. The van der Waals surface area contributed by atoms with Crippen LogP contribution in [0.5, 0.6) is 0 Å². The summed E-state index contributed by atoms with van der Waals surface area (Å²) in [6.45, 7) is 1.81. The van der Waals surface area contributed by atoms with Gasteiger partial charge in [-0.3, -0.25) is 9.59 Å². The van der Waals surface area contributed by atoms with Crippen molar-refractivity contribution in [2.75, 3.05) is 5.32 Å². The number of hydrogen-bond donors (Lipinski definition) is 2. The number of benzene rings is 1. The van der Waals surface area contributed by atoms with Gasteiger partial charge in [0.25, 0.3) is 11.5 Å². The van der Waals surface area contributed by atoms with Crippen LogP contribution >= 0.6 is 0 Å². The van der Waals surface area contributed by atoms with Gasteiger partial charge >= 0.3 is 5.63 Å². The number of rotatable bonds is 2. The van der Waals surface area contributed by atoms with Gasteiger partial charge in [-0.05, 0) is 30.7 Å². The smallest absolute Gasteiger partial charge is 0.336 e. The van der Waals surface area contributed by atoms with E-state index in [2.05, 4.69) is 15.5 Å². The van der Waals surface area contributed by atoms with E-state index >= 15 is 0 Å². The number of H-pyrrole nitrogens is 1. The summed E-state index contributed by atoms with van der Waals surface area (Å²) >= 11 is 0. The maximum absolute atomic E-state index is 12.0. The zero-order valence-electron chi connectivity index (χ0n) is 11.5. The number of anilines is 1. The van der Waals surface area contributed by atoms with Crippen LogP contribution in [0.4, 0.5) is 5.69 Å². The predicted octanol–water partition coefficient (Wildman–Crippen LogP) is 1.44. The van der Waals surface area contributed by atoms with Crippen molar-refractivity contribution in [3.05, 3.63) is 68.4 Å². The number of carbonyl (C=O) groups excluding carboxylic acids is 1. The van der Waals surface area contributed by atoms with Gasteiger partial charge in [0.2, 0.25) is 0 Å². The third kappa shape index (κ3) is 2.64. The van der Waals surface area contributed by atoms with Crippen LogP contribution in [0.1, 0.15) is 16.1 Å². The van der Waals surface area contributed by atoms with Gasteiger partial charge in [0.15, 0.2) is 0 Å². The number of aryl methyl sites for hydroxylation is 1. The Morgan fingerprint density at radius 3 is 2.73 bits per heavy atom. The number of aromatic amines is 1. The van der Waals surface area contributed by atoms with Crippen LogP contribution in [0, 0.1) is 6.92 Å². The molecule has 0 aliphatic heterocycles. The minimum atomic E-state index is -0.481. The monoisotopic (exact) mass is 297 g/mol. The highest BCUT2D eigenvalue weighted by molar-refractivity contribution is 6.03. The van der Waals surface area contributed by atoms with Gasteiger partial charge < -0.3 is 9.73 Å². The van der Waals surface area contributed by atoms with E-state index < -0.39 is 11.5 Å². The number of carbonyl (C=O) groups is 1. The third-order valence-electron chi connectivity index (χ3n) is 3.12. The Labute approximate surface area is 123 Å². The lowest BCUT2D eigenvalue weighted by Gasteiger charge is -2.06. The van der Waals surface area contributed by atoms with Crippen molar-refractivity contribution in [1.82, 2.24) is 10.2 Å². The van der Waals surface area contributed by atoms with Crippen molar-refractivity contribution in [3.63, 3.8) is 0 Å². The van der Waals surface area contributed by atoms with Crippen molar-refractivity contribution in [2.24, 2.45) is 0 Å². The molecule has 0 spiro atoms. The van der Waals surface area contributed by atoms with Crippen LogP contribution in [-0.4, -0.2) is 16.1 Å². The molecule has 2 aromatic heterocycles. The zero-order chi connectivity index (χ0) is 15.7. The standard InChI is InChI=1S/C15H11N3O4/c1-8-6-14(20)22-12-7-9(2-3-10(8)12)16-15(21)11-4-5-13(19)18-17-11/h2-7H,1H3,(H,16,21)(H,18,19). The molecule has 2 heterocycles. The fraction of sp³-hybridized carbons (Fsp3) is 0.0667. The highest BCUT2D eigenvalue weighted by Crippen LogP contribution is 2.20. The third-order valence-corrected chi connectivity index (χ3v) is 3.12. The second-order valence-electron chi connectivity index (χ2n) is 4.72. The molecule has 3 rings (SSSR count). The van der Waals surface area contributed by atoms with E-state index in [1.807, 2.05) is 6.92 Å². The molecule has 0 saturated carbocycles. The molecule has 22 heavy (non-hydrogen) atoms. The Morgan fingerprint density at radius 2 is 2.00 bits per heavy atom. The molecule has 1 amide bonds. The Balaban J connectivity index is 1.94. The molecule has 0 aliphatic carbocycles. The van der Waals surface area contributed by atoms with Gasteiger partial charge in [-0.1, -0.05) is 0 Å². The molecular weight excluding hydrogens is 286 g/mol. The summed E-state index contributed by atoms with van der Waals surface area (Å²) in [7, 11) is 0. The van der Waals surface area contributed by atoms with Crippen LogP contribution < -0.4 is 16.5 Å². The number of nitrogens with one attached hydrogen (secondary N) is 2. The van der Waals surface area contributed by atoms with E-state index in [0.717, 1.165) is 10.9 Å². The van der Waals surface area contributed by atoms with E-state index in [1.54, 1.807) is 18.2 Å². The average Bonchev–Trinajstić information content (AvgIpc) is 2.47. The first-order valence-corrected chi connectivity index (χ1v) is 6.44. The number of fused-ring (bicyclic) bond motifs is 1. The van der Waals surface area contributed by atoms with Gasteiger partial charge in [0, 0.05) is 29.3 Å². The van der Waals surface area contributed by atoms with Crippen LogP contribution in [0.3, 0.4) is 0 Å². The van der Waals surface area contributed by atoms with Gasteiger partial charge in [-0.15, -0.1) is 0 Å². The van der Waals surface area contributed by atoms with Gasteiger partial charge in [0.1, 0.15) is 11.3 Å². The molecule has 110 valence electrons. The molecule has 7 nitrogen and oxygen atoms in total. The summed E-state index contributed by atoms with van der Waals surface area (Å²) in [4.78, 5) is 34.3. The first-order valence-electron chi connectivity index (χ1n) is 6.44. The van der Waals surface area contributed by atoms with Crippen molar-refractivity contribution in [2.45, 2.75) is 6.92 Å². The summed E-state index contributed by atoms with van der Waals surface area (Å²) in [6.07, 6.45) is 0. The molecule has 3 aromatic rings. The molecule has 2 N–H and O–H groups in total. The Bertz CT molecular complexity index is 967. The van der Waals surface area contributed by atoms with E-state index in [1.165, 1.54) is 18.2 Å². The first-order chi connectivity index (χ1) is 10.5. The lowest BCUT2D eigenvalue weighted by Crippen LogP contribution is -2.17. The van der Waals surface area contributed by atoms with Crippen LogP contribution in [0.25, 0.3) is 11.0 Å². The maximum atomic E-state index is 12.0. The second kappa shape index (κ2) is 5.28. The largest absolute Gasteiger partial charge is 0.423 e. The molecule has 0 aliphatic rings. The Hall–Kier alpha value is -3.22. The summed E-state index contributed by atoms with van der Waals surface area (Å²) in [5.74, 6) is -0.481. The second-order valence-corrected chi connectivity index (χ2v) is 4.72. The normalized spacial score (nSPS) is 10.6. The Morgan fingerprint density at radius 1 is 1.18 bits per heavy atom. The lowest BCUT2D eigenvalue weighted by atomic mass is 10.1. The number of amides is 1. The van der Waals surface area contributed by atoms with Crippen molar-refractivity contribution < 1.29 is 9.21 Å². The topological polar surface area (TPSA) is 105 Å². The summed E-state index contributed by atoms with van der Waals surface area (Å²) < 4.78 is 5.12. The molecule has 0 fully saturated rings. The minimum absolute atomic E-state index is 0.0744. The van der Waals surface area contributed by atoms with Crippen molar-refractivity contribution in [3.8, 4) is 0 Å². The molecule has 0 radical (unpaired) electrons. The molecular formula is C15H11N3O4. The summed E-state index contributed by atoms with van der Waals surface area (Å²) in [5.41, 5.74) is 0.878. The van der Waals surface area contributed by atoms with E-state index in [9.17, 15) is 14.4 Å². The number of nitrogens with zero attached hydrogens (tertiary/aromatic N) is 1. The molecule has 0 bridgehead atoms. The van der Waals surface area contributed by atoms with Crippen LogP contribution in [0.15, 0.2) is 50.4 Å². The zero-order valence-corrected chi connectivity index (χ0v) is 11.5. The van der Waals surface area contributed by atoms with Gasteiger partial charge in [-0.25, -0.2) is 9.89 Å². The molecule has 1 aromatic carbocycles. The molecule has 7 heteroatoms. The quantitative estimate of drug-likeness (QED) is 0.696.